The molecule has 1 atom stereocenters. The Hall–Kier alpha value is -3.70. The third-order valence-electron chi connectivity index (χ3n) is 7.28. The van der Waals surface area contributed by atoms with Crippen LogP contribution in [-0.4, -0.2) is 44.3 Å². The number of rotatable bonds is 13. The minimum atomic E-state index is -4.12. The standard InChI is InChI=1S/C35H38IN3O4S/c1-26(2)23-37-35(41)33(22-28-13-6-4-7-14-28)38(24-29-15-11-10-12-27(29)3)34(40)25-39(31-20-18-30(36)19-21-31)44(42,43)32-16-8-5-9-17-32/h4-21,26,33H,22-25H2,1-3H3,(H,37,41)/t33-/m1/s1. The molecule has 0 saturated carbocycles. The average molecular weight is 724 g/mol. The second-order valence-electron chi connectivity index (χ2n) is 11.1. The number of carbonyl (C=O) groups is 2. The maximum absolute atomic E-state index is 14.5. The fourth-order valence-electron chi connectivity index (χ4n) is 4.80. The number of hydrogen-bond donors (Lipinski definition) is 1. The monoisotopic (exact) mass is 723 g/mol. The summed E-state index contributed by atoms with van der Waals surface area (Å²) in [4.78, 5) is 30.0. The fraction of sp³-hybridized carbons (Fsp3) is 0.257. The zero-order chi connectivity index (χ0) is 31.7. The van der Waals surface area contributed by atoms with Crippen molar-refractivity contribution < 1.29 is 18.0 Å². The Morgan fingerprint density at radius 3 is 2.02 bits per heavy atom. The van der Waals surface area contributed by atoms with Crippen molar-refractivity contribution in [3.63, 3.8) is 0 Å². The summed E-state index contributed by atoms with van der Waals surface area (Å²) >= 11 is 2.15. The number of carbonyl (C=O) groups excluding carboxylic acids is 2. The molecule has 0 heterocycles. The molecule has 4 aromatic carbocycles. The normalized spacial score (nSPS) is 12.0. The maximum Gasteiger partial charge on any atom is 0.264 e. The molecule has 7 nitrogen and oxygen atoms in total. The van der Waals surface area contributed by atoms with E-state index in [1.165, 1.54) is 17.0 Å². The third kappa shape index (κ3) is 8.69. The molecule has 9 heteroatoms. The highest BCUT2D eigenvalue weighted by molar-refractivity contribution is 14.1. The van der Waals surface area contributed by atoms with Crippen LogP contribution in [0.25, 0.3) is 0 Å². The molecule has 0 saturated heterocycles. The van der Waals surface area contributed by atoms with Crippen LogP contribution in [0.4, 0.5) is 5.69 Å². The van der Waals surface area contributed by atoms with Crippen molar-refractivity contribution in [1.82, 2.24) is 10.2 Å². The van der Waals surface area contributed by atoms with Gasteiger partial charge in [0.15, 0.2) is 0 Å². The summed E-state index contributed by atoms with van der Waals surface area (Å²) in [5, 5.41) is 3.02. The van der Waals surface area contributed by atoms with Crippen LogP contribution >= 0.6 is 22.6 Å². The Labute approximate surface area is 274 Å². The Balaban J connectivity index is 1.79. The number of hydrogen-bond acceptors (Lipinski definition) is 4. The van der Waals surface area contributed by atoms with E-state index in [1.807, 2.05) is 75.4 Å². The fourth-order valence-corrected chi connectivity index (χ4v) is 6.60. The van der Waals surface area contributed by atoms with E-state index >= 15 is 0 Å². The largest absolute Gasteiger partial charge is 0.354 e. The van der Waals surface area contributed by atoms with Crippen LogP contribution in [0.5, 0.6) is 0 Å². The van der Waals surface area contributed by atoms with Crippen LogP contribution in [0.1, 0.15) is 30.5 Å². The summed E-state index contributed by atoms with van der Waals surface area (Å²) in [6.07, 6.45) is 0.275. The first-order valence-corrected chi connectivity index (χ1v) is 17.1. The molecule has 230 valence electrons. The molecule has 0 unspecified atom stereocenters. The van der Waals surface area contributed by atoms with E-state index in [0.717, 1.165) is 24.6 Å². The number of nitrogens with one attached hydrogen (secondary N) is 1. The van der Waals surface area contributed by atoms with Gasteiger partial charge in [-0.2, -0.15) is 0 Å². The van der Waals surface area contributed by atoms with Crippen LogP contribution < -0.4 is 9.62 Å². The van der Waals surface area contributed by atoms with Crippen LogP contribution in [0.3, 0.4) is 0 Å². The molecule has 0 aliphatic heterocycles. The Morgan fingerprint density at radius 1 is 0.818 bits per heavy atom. The van der Waals surface area contributed by atoms with E-state index in [1.54, 1.807) is 42.5 Å². The Bertz CT molecular complexity index is 1650. The van der Waals surface area contributed by atoms with Crippen molar-refractivity contribution in [2.45, 2.75) is 44.7 Å². The van der Waals surface area contributed by atoms with Crippen LogP contribution in [0.15, 0.2) is 114 Å². The lowest BCUT2D eigenvalue weighted by Gasteiger charge is -2.34. The summed E-state index contributed by atoms with van der Waals surface area (Å²) in [5.41, 5.74) is 3.11. The molecule has 4 rings (SSSR count). The molecule has 0 fully saturated rings. The smallest absolute Gasteiger partial charge is 0.264 e. The molecule has 0 radical (unpaired) electrons. The minimum Gasteiger partial charge on any atom is -0.354 e. The van der Waals surface area contributed by atoms with Crippen molar-refractivity contribution in [3.05, 3.63) is 129 Å². The molecular weight excluding hydrogens is 685 g/mol. The summed E-state index contributed by atoms with van der Waals surface area (Å²) < 4.78 is 30.1. The lowest BCUT2D eigenvalue weighted by atomic mass is 10.0. The molecule has 0 aliphatic carbocycles. The number of sulfonamides is 1. The molecule has 1 N–H and O–H groups in total. The summed E-state index contributed by atoms with van der Waals surface area (Å²) in [6, 6.07) is 31.5. The van der Waals surface area contributed by atoms with E-state index in [-0.39, 0.29) is 29.7 Å². The molecule has 0 aromatic heterocycles. The highest BCUT2D eigenvalue weighted by Crippen LogP contribution is 2.26. The van der Waals surface area contributed by atoms with Crippen LogP contribution in [-0.2, 0) is 32.6 Å². The Kier molecular flexibility index (Phi) is 11.6. The van der Waals surface area contributed by atoms with Crippen LogP contribution in [0, 0.1) is 16.4 Å². The van der Waals surface area contributed by atoms with Crippen molar-refractivity contribution in [1.29, 1.82) is 0 Å². The van der Waals surface area contributed by atoms with Crippen molar-refractivity contribution >= 4 is 50.1 Å². The number of anilines is 1. The van der Waals surface area contributed by atoms with Gasteiger partial charge in [0.2, 0.25) is 11.8 Å². The first kappa shape index (κ1) is 33.2. The van der Waals surface area contributed by atoms with E-state index in [4.69, 9.17) is 0 Å². The van der Waals surface area contributed by atoms with Gasteiger partial charge >= 0.3 is 0 Å². The maximum atomic E-state index is 14.5. The first-order chi connectivity index (χ1) is 21.1. The number of halogens is 1. The van der Waals surface area contributed by atoms with Gasteiger partial charge in [0.25, 0.3) is 10.0 Å². The molecule has 0 bridgehead atoms. The SMILES string of the molecule is Cc1ccccc1CN(C(=O)CN(c1ccc(I)cc1)S(=O)(=O)c1ccccc1)[C@H](Cc1ccccc1)C(=O)NCC(C)C. The highest BCUT2D eigenvalue weighted by Gasteiger charge is 2.34. The predicted molar refractivity (Wildman–Crippen MR) is 184 cm³/mol. The Morgan fingerprint density at radius 2 is 1.41 bits per heavy atom. The second-order valence-corrected chi connectivity index (χ2v) is 14.2. The zero-order valence-corrected chi connectivity index (χ0v) is 28.2. The molecule has 2 amide bonds. The third-order valence-corrected chi connectivity index (χ3v) is 9.79. The van der Waals surface area contributed by atoms with Gasteiger partial charge in [-0.15, -0.1) is 0 Å². The van der Waals surface area contributed by atoms with Gasteiger partial charge in [0.1, 0.15) is 12.6 Å². The molecule has 4 aromatic rings. The van der Waals surface area contributed by atoms with Gasteiger partial charge in [0, 0.05) is 23.1 Å². The summed E-state index contributed by atoms with van der Waals surface area (Å²) in [5.74, 6) is -0.549. The molecule has 44 heavy (non-hydrogen) atoms. The summed E-state index contributed by atoms with van der Waals surface area (Å²) in [6.45, 7) is 6.09. The number of benzene rings is 4. The topological polar surface area (TPSA) is 86.8 Å². The molecular formula is C35H38IN3O4S. The molecule has 0 aliphatic rings. The van der Waals surface area contributed by atoms with Gasteiger partial charge in [-0.3, -0.25) is 13.9 Å². The van der Waals surface area contributed by atoms with Gasteiger partial charge in [-0.05, 0) is 88.5 Å². The van der Waals surface area contributed by atoms with E-state index in [0.29, 0.717) is 12.2 Å². The number of aryl methyl sites for hydroxylation is 1. The quantitative estimate of drug-likeness (QED) is 0.167. The van der Waals surface area contributed by atoms with Crippen molar-refractivity contribution in [2.75, 3.05) is 17.4 Å². The van der Waals surface area contributed by atoms with Gasteiger partial charge in [-0.25, -0.2) is 8.42 Å². The van der Waals surface area contributed by atoms with Gasteiger partial charge < -0.3 is 10.2 Å². The highest BCUT2D eigenvalue weighted by atomic mass is 127. The number of nitrogens with zero attached hydrogens (tertiary/aromatic N) is 2. The van der Waals surface area contributed by atoms with Crippen molar-refractivity contribution in [3.8, 4) is 0 Å². The van der Waals surface area contributed by atoms with E-state index in [2.05, 4.69) is 27.9 Å². The molecule has 0 spiro atoms. The van der Waals surface area contributed by atoms with Gasteiger partial charge in [0.05, 0.1) is 10.6 Å². The van der Waals surface area contributed by atoms with E-state index < -0.39 is 28.5 Å². The van der Waals surface area contributed by atoms with Gasteiger partial charge in [-0.1, -0.05) is 86.6 Å². The lowest BCUT2D eigenvalue weighted by molar-refractivity contribution is -0.140. The predicted octanol–water partition coefficient (Wildman–Crippen LogP) is 6.21. The lowest BCUT2D eigenvalue weighted by Crippen LogP contribution is -2.53. The number of amides is 2. The van der Waals surface area contributed by atoms with Crippen molar-refractivity contribution in [2.24, 2.45) is 5.92 Å². The minimum absolute atomic E-state index is 0.0762. The van der Waals surface area contributed by atoms with Crippen LogP contribution in [0.2, 0.25) is 0 Å². The zero-order valence-electron chi connectivity index (χ0n) is 25.2. The first-order valence-electron chi connectivity index (χ1n) is 14.5. The average Bonchev–Trinajstić information content (AvgIpc) is 3.02. The summed E-state index contributed by atoms with van der Waals surface area (Å²) in [7, 11) is -4.12. The second kappa shape index (κ2) is 15.3. The van der Waals surface area contributed by atoms with E-state index in [9.17, 15) is 18.0 Å².